The summed E-state index contributed by atoms with van der Waals surface area (Å²) in [5.74, 6) is 2.29. The zero-order valence-electron chi connectivity index (χ0n) is 31.3. The molecule has 0 bridgehead atoms. The van der Waals surface area contributed by atoms with Crippen molar-refractivity contribution >= 4 is 0 Å². The molecule has 0 aliphatic carbocycles. The summed E-state index contributed by atoms with van der Waals surface area (Å²) in [5.41, 5.74) is 4.94. The third-order valence-corrected chi connectivity index (χ3v) is 5.27. The first-order valence-corrected chi connectivity index (χ1v) is 16.8. The standard InChI is InChI=1S/C9H12.2C8H11N.C7H10N2.4C2H6/c1-8(2)9-6-4-3-5-7-9;1-7(2)8-4-3-5-9-6-8;1-7(2)8-5-3-4-6-9-8;1-6(2)7-5-8-3-4-9-7;4*1-2/h3-8H,1-2H3;2*3-7H,1-2H3;3-6H,1-2H3;4*1-2H3. The van der Waals surface area contributed by atoms with Crippen molar-refractivity contribution in [2.75, 3.05) is 0 Å². The second-order valence-corrected chi connectivity index (χ2v) is 9.70. The van der Waals surface area contributed by atoms with Crippen LogP contribution in [0.5, 0.6) is 0 Å². The van der Waals surface area contributed by atoms with Crippen LogP contribution in [0.15, 0.2) is 97.8 Å². The lowest BCUT2D eigenvalue weighted by Crippen LogP contribution is -1.91. The van der Waals surface area contributed by atoms with E-state index in [-0.39, 0.29) is 0 Å². The molecule has 0 radical (unpaired) electrons. The van der Waals surface area contributed by atoms with Crippen LogP contribution in [0.4, 0.5) is 0 Å². The monoisotopic (exact) mass is 605 g/mol. The second-order valence-electron chi connectivity index (χ2n) is 9.70. The molecule has 0 aliphatic rings. The van der Waals surface area contributed by atoms with Crippen molar-refractivity contribution in [3.63, 3.8) is 0 Å². The summed E-state index contributed by atoms with van der Waals surface area (Å²) in [5, 5.41) is 0. The van der Waals surface area contributed by atoms with E-state index >= 15 is 0 Å². The van der Waals surface area contributed by atoms with Crippen molar-refractivity contribution in [3.05, 3.63) is 120 Å². The first kappa shape index (κ1) is 47.5. The van der Waals surface area contributed by atoms with Crippen molar-refractivity contribution in [2.45, 2.75) is 134 Å². The van der Waals surface area contributed by atoms with Gasteiger partial charge in [0.1, 0.15) is 0 Å². The molecule has 0 atom stereocenters. The fraction of sp³-hybridized carbons (Fsp3) is 0.500. The van der Waals surface area contributed by atoms with Crippen LogP contribution in [0.25, 0.3) is 0 Å². The minimum absolute atomic E-state index is 0.485. The van der Waals surface area contributed by atoms with Gasteiger partial charge in [-0.1, -0.05) is 153 Å². The van der Waals surface area contributed by atoms with Crippen LogP contribution < -0.4 is 0 Å². The van der Waals surface area contributed by atoms with Crippen molar-refractivity contribution in [1.82, 2.24) is 19.9 Å². The lowest BCUT2D eigenvalue weighted by molar-refractivity contribution is 0.812. The molecule has 1 aromatic carbocycles. The van der Waals surface area contributed by atoms with Crippen LogP contribution in [0.3, 0.4) is 0 Å². The van der Waals surface area contributed by atoms with E-state index in [4.69, 9.17) is 0 Å². The smallest absolute Gasteiger partial charge is 0.0612 e. The molecular formula is C40H68N4. The summed E-state index contributed by atoms with van der Waals surface area (Å²) >= 11 is 0. The van der Waals surface area contributed by atoms with Gasteiger partial charge in [0.05, 0.1) is 5.69 Å². The van der Waals surface area contributed by atoms with Gasteiger partial charge in [-0.05, 0) is 53.0 Å². The second kappa shape index (κ2) is 35.8. The van der Waals surface area contributed by atoms with E-state index in [1.165, 1.54) is 11.1 Å². The van der Waals surface area contributed by atoms with Gasteiger partial charge in [0.15, 0.2) is 0 Å². The fourth-order valence-corrected chi connectivity index (χ4v) is 2.88. The molecule has 0 aliphatic heterocycles. The molecule has 0 unspecified atom stereocenters. The van der Waals surface area contributed by atoms with Crippen LogP contribution in [0.1, 0.15) is 157 Å². The molecule has 44 heavy (non-hydrogen) atoms. The molecule has 0 amide bonds. The van der Waals surface area contributed by atoms with Crippen molar-refractivity contribution in [3.8, 4) is 0 Å². The Balaban J connectivity index is -0.000000225. The molecule has 0 spiro atoms. The Hall–Kier alpha value is -3.40. The summed E-state index contributed by atoms with van der Waals surface area (Å²) in [6.45, 7) is 33.2. The van der Waals surface area contributed by atoms with Gasteiger partial charge in [0.2, 0.25) is 0 Å². The maximum absolute atomic E-state index is 4.18. The Morgan fingerprint density at radius 2 is 0.818 bits per heavy atom. The molecule has 0 N–H and O–H groups in total. The molecular weight excluding hydrogens is 536 g/mol. The van der Waals surface area contributed by atoms with E-state index in [0.29, 0.717) is 23.7 Å². The quantitative estimate of drug-likeness (QED) is 0.232. The minimum Gasteiger partial charge on any atom is -0.264 e. The van der Waals surface area contributed by atoms with E-state index in [2.05, 4.69) is 106 Å². The van der Waals surface area contributed by atoms with Crippen LogP contribution in [-0.2, 0) is 0 Å². The van der Waals surface area contributed by atoms with Crippen LogP contribution in [0.2, 0.25) is 0 Å². The van der Waals surface area contributed by atoms with Gasteiger partial charge in [-0.25, -0.2) is 0 Å². The number of pyridine rings is 2. The third kappa shape index (κ3) is 27.4. The Kier molecular flexibility index (Phi) is 38.7. The van der Waals surface area contributed by atoms with E-state index in [9.17, 15) is 0 Å². The number of benzene rings is 1. The zero-order valence-corrected chi connectivity index (χ0v) is 31.3. The number of rotatable bonds is 4. The van der Waals surface area contributed by atoms with Crippen LogP contribution in [-0.4, -0.2) is 19.9 Å². The highest BCUT2D eigenvalue weighted by atomic mass is 14.8. The number of aromatic nitrogens is 4. The van der Waals surface area contributed by atoms with Crippen molar-refractivity contribution < 1.29 is 0 Å². The SMILES string of the molecule is CC.CC.CC.CC.CC(C)c1ccccc1.CC(C)c1ccccn1.CC(C)c1cccnc1.CC(C)c1cnccn1. The predicted octanol–water partition coefficient (Wildman–Crippen LogP) is 12.9. The van der Waals surface area contributed by atoms with E-state index in [1.54, 1.807) is 24.8 Å². The summed E-state index contributed by atoms with van der Waals surface area (Å²) < 4.78 is 0. The van der Waals surface area contributed by atoms with Gasteiger partial charge in [0.25, 0.3) is 0 Å². The van der Waals surface area contributed by atoms with Gasteiger partial charge in [-0.3, -0.25) is 19.9 Å². The molecule has 4 rings (SSSR count). The molecule has 4 aromatic rings. The fourth-order valence-electron chi connectivity index (χ4n) is 2.88. The van der Waals surface area contributed by atoms with Crippen molar-refractivity contribution in [1.29, 1.82) is 0 Å². The molecule has 0 fully saturated rings. The van der Waals surface area contributed by atoms with Gasteiger partial charge < -0.3 is 0 Å². The molecule has 3 aromatic heterocycles. The normalized spacial score (nSPS) is 8.82. The number of hydrogen-bond donors (Lipinski definition) is 0. The number of hydrogen-bond acceptors (Lipinski definition) is 4. The lowest BCUT2D eigenvalue weighted by atomic mass is 10.0. The first-order valence-electron chi connectivity index (χ1n) is 16.8. The molecule has 0 saturated carbocycles. The molecule has 0 saturated heterocycles. The minimum atomic E-state index is 0.485. The van der Waals surface area contributed by atoms with Crippen LogP contribution in [0, 0.1) is 0 Å². The van der Waals surface area contributed by atoms with E-state index in [0.717, 1.165) is 11.4 Å². The Morgan fingerprint density at radius 1 is 0.364 bits per heavy atom. The summed E-state index contributed by atoms with van der Waals surface area (Å²) in [6, 6.07) is 20.6. The van der Waals surface area contributed by atoms with E-state index in [1.807, 2.05) is 98.1 Å². The van der Waals surface area contributed by atoms with Gasteiger partial charge in [-0.15, -0.1) is 0 Å². The highest BCUT2D eigenvalue weighted by molar-refractivity contribution is 5.17. The maximum atomic E-state index is 4.18. The van der Waals surface area contributed by atoms with Gasteiger partial charge in [0, 0.05) is 42.9 Å². The third-order valence-electron chi connectivity index (χ3n) is 5.27. The van der Waals surface area contributed by atoms with Crippen LogP contribution >= 0.6 is 0 Å². The van der Waals surface area contributed by atoms with Gasteiger partial charge in [-0.2, -0.15) is 0 Å². The Labute approximate surface area is 274 Å². The van der Waals surface area contributed by atoms with Gasteiger partial charge >= 0.3 is 0 Å². The lowest BCUT2D eigenvalue weighted by Gasteiger charge is -2.01. The largest absolute Gasteiger partial charge is 0.264 e. The zero-order chi connectivity index (χ0) is 34.8. The summed E-state index contributed by atoms with van der Waals surface area (Å²) in [6.07, 6.45) is 10.7. The summed E-state index contributed by atoms with van der Waals surface area (Å²) in [4.78, 5) is 16.2. The molecule has 4 nitrogen and oxygen atoms in total. The maximum Gasteiger partial charge on any atom is 0.0612 e. The Morgan fingerprint density at radius 3 is 1.09 bits per heavy atom. The highest BCUT2D eigenvalue weighted by Crippen LogP contribution is 2.12. The predicted molar refractivity (Wildman–Crippen MR) is 199 cm³/mol. The molecule has 3 heterocycles. The van der Waals surface area contributed by atoms with Crippen molar-refractivity contribution in [2.24, 2.45) is 0 Å². The topological polar surface area (TPSA) is 51.6 Å². The highest BCUT2D eigenvalue weighted by Gasteiger charge is 1.97. The average molecular weight is 605 g/mol. The molecule has 248 valence electrons. The molecule has 4 heteroatoms. The number of nitrogens with zero attached hydrogens (tertiary/aromatic N) is 4. The summed E-state index contributed by atoms with van der Waals surface area (Å²) in [7, 11) is 0. The first-order chi connectivity index (χ1) is 21.2. The average Bonchev–Trinajstić information content (AvgIpc) is 3.11. The van der Waals surface area contributed by atoms with E-state index < -0.39 is 0 Å². The Bertz CT molecular complexity index is 844.